The van der Waals surface area contributed by atoms with E-state index in [1.807, 2.05) is 0 Å². The van der Waals surface area contributed by atoms with Crippen LogP contribution in [-0.2, 0) is 32.6 Å². The molecular weight excluding hydrogens is 442 g/mol. The second-order valence-electron chi connectivity index (χ2n) is 5.88. The maximum atomic E-state index is 3.65. The number of fused-ring (bicyclic) bond motifs is 3. The summed E-state index contributed by atoms with van der Waals surface area (Å²) in [5, 5.41) is 0. The van der Waals surface area contributed by atoms with Crippen molar-refractivity contribution in [2.45, 2.75) is 32.9 Å². The summed E-state index contributed by atoms with van der Waals surface area (Å²) in [5.74, 6) is 0. The summed E-state index contributed by atoms with van der Waals surface area (Å²) in [6.45, 7) is 6.53. The van der Waals surface area contributed by atoms with E-state index in [9.17, 15) is 0 Å². The Morgan fingerprint density at radius 3 is 2.40 bits per heavy atom. The summed E-state index contributed by atoms with van der Waals surface area (Å²) in [6, 6.07) is 14.7. The average molecular weight is 464 g/mol. The summed E-state index contributed by atoms with van der Waals surface area (Å²) in [7, 11) is 1.08. The topological polar surface area (TPSA) is 0 Å². The van der Waals surface area contributed by atoms with E-state index in [0.717, 1.165) is 22.4 Å². The molecule has 0 atom stereocenters. The predicted octanol–water partition coefficient (Wildman–Crippen LogP) is -0.498. The molecule has 2 aromatic rings. The Kier molecular flexibility index (Phi) is 11.2. The number of hydrogen-bond acceptors (Lipinski definition) is 0. The monoisotopic (exact) mass is 461 g/mol. The number of halogens is 2. The van der Waals surface area contributed by atoms with Crippen molar-refractivity contribution in [3.05, 3.63) is 76.9 Å². The first-order chi connectivity index (χ1) is 10.7. The quantitative estimate of drug-likeness (QED) is 0.337. The molecule has 0 amide bonds. The molecule has 0 aliphatic heterocycles. The molecular formula is C21H21Cl2SiZr. The molecule has 2 aliphatic carbocycles. The molecule has 4 heteroatoms. The van der Waals surface area contributed by atoms with E-state index >= 15 is 0 Å². The summed E-state index contributed by atoms with van der Waals surface area (Å²) in [6.07, 6.45) is 8.63. The summed E-state index contributed by atoms with van der Waals surface area (Å²) < 4.78 is 0. The fourth-order valence-corrected chi connectivity index (χ4v) is 3.22. The summed E-state index contributed by atoms with van der Waals surface area (Å²) in [4.78, 5) is 0. The minimum atomic E-state index is 0. The SMILES string of the molecule is C[Si]C.Cc1cc(C2=CC=CC2)[c-]c2c1-c1ccccc1C2.[Cl-].[Cl-].[Zr+3]. The van der Waals surface area contributed by atoms with E-state index in [-0.39, 0.29) is 51.0 Å². The van der Waals surface area contributed by atoms with Crippen LogP contribution >= 0.6 is 0 Å². The zero-order valence-corrected chi connectivity index (χ0v) is 19.8. The summed E-state index contributed by atoms with van der Waals surface area (Å²) in [5.41, 5.74) is 9.65. The average Bonchev–Trinajstić information content (AvgIpc) is 3.15. The van der Waals surface area contributed by atoms with Gasteiger partial charge in [0.1, 0.15) is 0 Å². The first kappa shape index (κ1) is 24.6. The molecule has 0 N–H and O–H groups in total. The van der Waals surface area contributed by atoms with Gasteiger partial charge in [0, 0.05) is 9.52 Å². The Hall–Kier alpha value is -0.400. The van der Waals surface area contributed by atoms with Gasteiger partial charge in [-0.25, -0.2) is 0 Å². The van der Waals surface area contributed by atoms with Crippen molar-refractivity contribution in [3.63, 3.8) is 0 Å². The van der Waals surface area contributed by atoms with E-state index in [1.54, 1.807) is 0 Å². The third-order valence-electron chi connectivity index (χ3n) is 4.11. The van der Waals surface area contributed by atoms with Crippen LogP contribution in [0, 0.1) is 13.0 Å². The third-order valence-corrected chi connectivity index (χ3v) is 4.11. The molecule has 0 saturated heterocycles. The zero-order valence-electron chi connectivity index (χ0n) is 14.8. The maximum absolute atomic E-state index is 3.65. The van der Waals surface area contributed by atoms with Crippen LogP contribution in [0.4, 0.5) is 0 Å². The van der Waals surface area contributed by atoms with Crippen molar-refractivity contribution in [1.29, 1.82) is 0 Å². The number of hydrogen-bond donors (Lipinski definition) is 0. The van der Waals surface area contributed by atoms with Gasteiger partial charge in [-0.3, -0.25) is 0 Å². The fourth-order valence-electron chi connectivity index (χ4n) is 3.22. The van der Waals surface area contributed by atoms with Crippen LogP contribution in [0.1, 0.15) is 28.7 Å². The Bertz CT molecular complexity index is 766. The Labute approximate surface area is 186 Å². The van der Waals surface area contributed by atoms with Crippen molar-refractivity contribution in [2.24, 2.45) is 0 Å². The molecule has 2 aromatic carbocycles. The number of rotatable bonds is 1. The molecule has 4 rings (SSSR count). The van der Waals surface area contributed by atoms with Crippen LogP contribution in [0.15, 0.2) is 48.6 Å². The molecule has 25 heavy (non-hydrogen) atoms. The number of aryl methyl sites for hydroxylation is 1. The van der Waals surface area contributed by atoms with Gasteiger partial charge in [0.2, 0.25) is 0 Å². The van der Waals surface area contributed by atoms with E-state index < -0.39 is 0 Å². The van der Waals surface area contributed by atoms with Crippen molar-refractivity contribution in [1.82, 2.24) is 0 Å². The normalized spacial score (nSPS) is 12.4. The van der Waals surface area contributed by atoms with E-state index in [4.69, 9.17) is 0 Å². The van der Waals surface area contributed by atoms with Crippen LogP contribution < -0.4 is 24.8 Å². The summed E-state index contributed by atoms with van der Waals surface area (Å²) >= 11 is 0. The van der Waals surface area contributed by atoms with Crippen LogP contribution in [0.2, 0.25) is 13.1 Å². The fraction of sp³-hybridized carbons (Fsp3) is 0.238. The Balaban J connectivity index is 0.000000902. The van der Waals surface area contributed by atoms with Crippen LogP contribution in [0.3, 0.4) is 0 Å². The van der Waals surface area contributed by atoms with Gasteiger partial charge in [-0.1, -0.05) is 67.6 Å². The molecule has 2 aliphatic rings. The second-order valence-corrected chi connectivity index (χ2v) is 6.88. The van der Waals surface area contributed by atoms with Crippen LogP contribution in [-0.4, -0.2) is 9.52 Å². The molecule has 0 bridgehead atoms. The second kappa shape index (κ2) is 11.3. The smallest absolute Gasteiger partial charge is 1.00 e. The van der Waals surface area contributed by atoms with Crippen molar-refractivity contribution in [2.75, 3.05) is 0 Å². The van der Waals surface area contributed by atoms with Crippen molar-refractivity contribution < 1.29 is 51.0 Å². The van der Waals surface area contributed by atoms with Gasteiger partial charge in [0.05, 0.1) is 0 Å². The van der Waals surface area contributed by atoms with Crippen molar-refractivity contribution in [3.8, 4) is 11.1 Å². The first-order valence-electron chi connectivity index (χ1n) is 7.83. The van der Waals surface area contributed by atoms with Gasteiger partial charge < -0.3 is 24.8 Å². The van der Waals surface area contributed by atoms with Crippen LogP contribution in [0.25, 0.3) is 16.7 Å². The van der Waals surface area contributed by atoms with Gasteiger partial charge in [0.25, 0.3) is 0 Å². The third kappa shape index (κ3) is 5.30. The molecule has 0 saturated carbocycles. The predicted molar refractivity (Wildman–Crippen MR) is 97.5 cm³/mol. The van der Waals surface area contributed by atoms with Crippen LogP contribution in [0.5, 0.6) is 0 Å². The maximum Gasteiger partial charge on any atom is 3.00 e. The van der Waals surface area contributed by atoms with Crippen molar-refractivity contribution >= 4 is 15.1 Å². The molecule has 0 fully saturated rings. The minimum Gasteiger partial charge on any atom is -1.00 e. The number of benzene rings is 2. The molecule has 0 aromatic heterocycles. The van der Waals surface area contributed by atoms with Gasteiger partial charge in [0.15, 0.2) is 0 Å². The Morgan fingerprint density at radius 2 is 1.76 bits per heavy atom. The standard InChI is InChI=1S/C19H15.C2H6Si.2ClH.Zr/c1-13-10-16(14-6-2-3-7-14)12-17-11-15-8-4-5-9-18(15)19(13)17;1-3-2;;;/h2-6,8-10H,7,11H2,1H3;1-2H3;2*1H;/q-1;;;;+3/p-2. The first-order valence-corrected chi connectivity index (χ1v) is 9.83. The molecule has 0 nitrogen and oxygen atoms in total. The van der Waals surface area contributed by atoms with Gasteiger partial charge in [-0.2, -0.15) is 0 Å². The Morgan fingerprint density at radius 1 is 1.08 bits per heavy atom. The van der Waals surface area contributed by atoms with Gasteiger partial charge in [-0.15, -0.1) is 40.5 Å². The van der Waals surface area contributed by atoms with Gasteiger partial charge in [-0.05, 0) is 18.4 Å². The zero-order chi connectivity index (χ0) is 15.5. The number of allylic oxidation sites excluding steroid dienone is 4. The minimum absolute atomic E-state index is 0. The molecule has 0 spiro atoms. The molecule has 0 heterocycles. The molecule has 0 unspecified atom stereocenters. The molecule has 3 radical (unpaired) electrons. The molecule has 127 valence electrons. The van der Waals surface area contributed by atoms with E-state index in [2.05, 4.69) is 74.6 Å². The largest absolute Gasteiger partial charge is 3.00 e. The van der Waals surface area contributed by atoms with E-state index in [0.29, 0.717) is 0 Å². The van der Waals surface area contributed by atoms with E-state index in [1.165, 1.54) is 39.0 Å². The van der Waals surface area contributed by atoms with Gasteiger partial charge >= 0.3 is 26.2 Å².